The third-order valence-corrected chi connectivity index (χ3v) is 5.23. The molecular formula is C19H14B6F2N4O4. The lowest BCUT2D eigenvalue weighted by atomic mass is 9.40. The number of piperidine rings is 1. The first kappa shape index (κ1) is 26.7. The molecule has 1 saturated heterocycles. The molecule has 0 N–H and O–H groups in total. The van der Waals surface area contributed by atoms with E-state index in [-0.39, 0.29) is 35.9 Å². The van der Waals surface area contributed by atoms with Crippen LogP contribution in [-0.4, -0.2) is 97.5 Å². The molecule has 1 amide bonds. The summed E-state index contributed by atoms with van der Waals surface area (Å²) in [6, 6.07) is 4.12. The van der Waals surface area contributed by atoms with Crippen LogP contribution in [-0.2, 0) is 0 Å². The predicted molar refractivity (Wildman–Crippen MR) is 129 cm³/mol. The number of ether oxygens (including phenoxy) is 1. The smallest absolute Gasteiger partial charge is 0.310 e. The number of hydrogen-bond acceptors (Lipinski definition) is 6. The summed E-state index contributed by atoms with van der Waals surface area (Å²) in [5.74, 6) is -2.73. The fourth-order valence-electron chi connectivity index (χ4n) is 3.72. The van der Waals surface area contributed by atoms with Crippen LogP contribution in [0.5, 0.6) is 5.75 Å². The maximum atomic E-state index is 13.9. The van der Waals surface area contributed by atoms with Crippen molar-refractivity contribution in [1.82, 2.24) is 9.88 Å². The summed E-state index contributed by atoms with van der Waals surface area (Å²) >= 11 is 0. The van der Waals surface area contributed by atoms with E-state index in [1.54, 1.807) is 4.90 Å². The van der Waals surface area contributed by atoms with Crippen LogP contribution in [0.3, 0.4) is 0 Å². The van der Waals surface area contributed by atoms with Crippen LogP contribution in [0.1, 0.15) is 23.3 Å². The molecule has 0 unspecified atom stereocenters. The number of halogens is 2. The van der Waals surface area contributed by atoms with Gasteiger partial charge >= 0.3 is 5.69 Å². The number of rotatable bonds is 7. The SMILES string of the molecule is [B]C([B])([B])N(C(=O)c1cc(N2CCC(Oc3ccc(F)cc3F)CC2)c([N+](=O)[O-])cn1)C([B])([B])[B]. The number of anilines is 1. The third kappa shape index (κ3) is 6.21. The van der Waals surface area contributed by atoms with Crippen molar-refractivity contribution in [3.8, 4) is 5.75 Å². The molecule has 1 aliphatic rings. The number of amides is 1. The Labute approximate surface area is 208 Å². The topological polar surface area (TPSA) is 88.8 Å². The molecule has 1 aromatic carbocycles. The van der Waals surface area contributed by atoms with Crippen LogP contribution < -0.4 is 9.64 Å². The number of aromatic nitrogens is 1. The zero-order chi connectivity index (χ0) is 26.1. The molecule has 0 aliphatic carbocycles. The van der Waals surface area contributed by atoms with Crippen molar-refractivity contribution in [1.29, 1.82) is 0 Å². The Morgan fingerprint density at radius 1 is 1.11 bits per heavy atom. The Morgan fingerprint density at radius 2 is 1.71 bits per heavy atom. The van der Waals surface area contributed by atoms with E-state index in [9.17, 15) is 23.7 Å². The van der Waals surface area contributed by atoms with Crippen LogP contribution in [0, 0.1) is 21.7 Å². The highest BCUT2D eigenvalue weighted by molar-refractivity contribution is 6.64. The second kappa shape index (κ2) is 9.99. The summed E-state index contributed by atoms with van der Waals surface area (Å²) in [7, 11) is 33.4. The zero-order valence-corrected chi connectivity index (χ0v) is 18.4. The molecule has 0 saturated carbocycles. The van der Waals surface area contributed by atoms with Gasteiger partial charge in [-0.3, -0.25) is 14.9 Å². The van der Waals surface area contributed by atoms with Gasteiger partial charge in [-0.2, -0.15) is 0 Å². The largest absolute Gasteiger partial charge is 0.487 e. The van der Waals surface area contributed by atoms with Crippen LogP contribution in [0.15, 0.2) is 30.5 Å². The molecule has 12 radical (unpaired) electrons. The second-order valence-electron chi connectivity index (χ2n) is 8.11. The molecule has 2 aromatic rings. The Morgan fingerprint density at radius 3 is 2.23 bits per heavy atom. The normalized spacial score (nSPS) is 15.0. The number of pyridine rings is 1. The van der Waals surface area contributed by atoms with Crippen LogP contribution >= 0.6 is 0 Å². The number of hydrogen-bond donors (Lipinski definition) is 0. The molecule has 0 spiro atoms. The number of benzene rings is 1. The summed E-state index contributed by atoms with van der Waals surface area (Å²) in [4.78, 5) is 29.7. The molecule has 8 nitrogen and oxygen atoms in total. The monoisotopic (exact) mass is 466 g/mol. The van der Waals surface area contributed by atoms with Crippen molar-refractivity contribution >= 4 is 64.4 Å². The molecule has 0 bridgehead atoms. The zero-order valence-electron chi connectivity index (χ0n) is 18.4. The number of nitro groups is 1. The molecule has 2 heterocycles. The van der Waals surface area contributed by atoms with Gasteiger partial charge in [0.25, 0.3) is 5.91 Å². The molecule has 3 rings (SSSR count). The summed E-state index contributed by atoms with van der Waals surface area (Å²) < 4.78 is 32.6. The molecular weight excluding hydrogens is 451 g/mol. The van der Waals surface area contributed by atoms with Crippen molar-refractivity contribution < 1.29 is 23.2 Å². The van der Waals surface area contributed by atoms with Crippen molar-refractivity contribution in [2.24, 2.45) is 0 Å². The molecule has 16 heteroatoms. The van der Waals surface area contributed by atoms with Gasteiger partial charge in [-0.05, 0) is 18.2 Å². The van der Waals surface area contributed by atoms with E-state index in [0.29, 0.717) is 23.8 Å². The molecule has 166 valence electrons. The molecule has 1 aromatic heterocycles. The summed E-state index contributed by atoms with van der Waals surface area (Å²) in [6.07, 6.45) is 1.15. The Kier molecular flexibility index (Phi) is 7.62. The van der Waals surface area contributed by atoms with Gasteiger partial charge < -0.3 is 14.5 Å². The van der Waals surface area contributed by atoms with E-state index in [1.807, 2.05) is 0 Å². The van der Waals surface area contributed by atoms with E-state index < -0.39 is 39.0 Å². The van der Waals surface area contributed by atoms with Gasteiger partial charge in [0.15, 0.2) is 11.6 Å². The van der Waals surface area contributed by atoms with E-state index in [4.69, 9.17) is 51.8 Å². The maximum Gasteiger partial charge on any atom is 0.310 e. The Bertz CT molecular complexity index is 1110. The van der Waals surface area contributed by atoms with E-state index in [2.05, 4.69) is 4.98 Å². The highest BCUT2D eigenvalue weighted by atomic mass is 19.1. The van der Waals surface area contributed by atoms with Gasteiger partial charge in [0.2, 0.25) is 0 Å². The number of carbonyl (C=O) groups is 1. The first-order valence-corrected chi connectivity index (χ1v) is 10.3. The van der Waals surface area contributed by atoms with Crippen molar-refractivity contribution in [2.45, 2.75) is 29.4 Å². The van der Waals surface area contributed by atoms with Gasteiger partial charge in [-0.1, -0.05) is 10.5 Å². The standard InChI is InChI=1S/C19H14B6F2N4O4/c20-18(21,22)30(19(23,24)25)17(32)13-8-14(15(9-28-13)31(33)34)29-5-3-11(4-6-29)35-16-2-1-10(26)7-12(16)27/h1-2,7-9,11H,3-6H2. The van der Waals surface area contributed by atoms with Crippen molar-refractivity contribution in [2.75, 3.05) is 18.0 Å². The first-order valence-electron chi connectivity index (χ1n) is 10.3. The fraction of sp³-hybridized carbons (Fsp3) is 0.368. The average molecular weight is 465 g/mol. The van der Waals surface area contributed by atoms with Crippen LogP contribution in [0.25, 0.3) is 0 Å². The number of carbonyl (C=O) groups excluding carboxylic acids is 1. The van der Waals surface area contributed by atoms with Gasteiger partial charge in [-0.25, -0.2) is 13.8 Å². The van der Waals surface area contributed by atoms with Crippen LogP contribution in [0.2, 0.25) is 0 Å². The van der Waals surface area contributed by atoms with Crippen molar-refractivity contribution in [3.05, 3.63) is 57.9 Å². The van der Waals surface area contributed by atoms with E-state index in [1.165, 1.54) is 6.07 Å². The molecule has 1 fully saturated rings. The quantitative estimate of drug-likeness (QED) is 0.325. The first-order chi connectivity index (χ1) is 16.2. The van der Waals surface area contributed by atoms with Gasteiger partial charge in [0, 0.05) is 32.0 Å². The average Bonchev–Trinajstić information content (AvgIpc) is 2.73. The minimum absolute atomic E-state index is 0.0630. The second-order valence-corrected chi connectivity index (χ2v) is 8.11. The summed E-state index contributed by atoms with van der Waals surface area (Å²) in [5, 5.41) is 6.85. The third-order valence-electron chi connectivity index (χ3n) is 5.23. The van der Waals surface area contributed by atoms with Crippen LogP contribution in [0.4, 0.5) is 20.2 Å². The Hall–Kier alpha value is -2.91. The fourth-order valence-corrected chi connectivity index (χ4v) is 3.72. The maximum absolute atomic E-state index is 13.9. The molecule has 35 heavy (non-hydrogen) atoms. The highest BCUT2D eigenvalue weighted by Gasteiger charge is 2.36. The Balaban J connectivity index is 1.83. The van der Waals surface area contributed by atoms with Gasteiger partial charge in [-0.15, -0.1) is 0 Å². The summed E-state index contributed by atoms with van der Waals surface area (Å²) in [5.41, 5.74) is -0.669. The summed E-state index contributed by atoms with van der Waals surface area (Å²) in [6.45, 7) is 0.498. The lowest BCUT2D eigenvalue weighted by Crippen LogP contribution is -2.66. The highest BCUT2D eigenvalue weighted by Crippen LogP contribution is 2.32. The van der Waals surface area contributed by atoms with Gasteiger partial charge in [0.1, 0.15) is 29.5 Å². The lowest BCUT2D eigenvalue weighted by Gasteiger charge is -2.48. The van der Waals surface area contributed by atoms with E-state index in [0.717, 1.165) is 18.3 Å². The lowest BCUT2D eigenvalue weighted by molar-refractivity contribution is -0.384. The van der Waals surface area contributed by atoms with E-state index >= 15 is 0 Å². The minimum atomic E-state index is -2.37. The van der Waals surface area contributed by atoms with Crippen molar-refractivity contribution in [3.63, 3.8) is 0 Å². The minimum Gasteiger partial charge on any atom is -0.487 e. The number of nitrogens with zero attached hydrogens (tertiary/aromatic N) is 4. The predicted octanol–water partition coefficient (Wildman–Crippen LogP) is -0.00840. The van der Waals surface area contributed by atoms with Gasteiger partial charge in [0.05, 0.1) is 52.0 Å². The molecule has 1 aliphatic heterocycles. The molecule has 0 atom stereocenters.